The Morgan fingerprint density at radius 2 is 1.93 bits per heavy atom. The van der Waals surface area contributed by atoms with E-state index in [1.165, 1.54) is 12.1 Å². The predicted molar refractivity (Wildman–Crippen MR) is 104 cm³/mol. The van der Waals surface area contributed by atoms with Crippen LogP contribution in [0.4, 0.5) is 18.9 Å². The highest BCUT2D eigenvalue weighted by Crippen LogP contribution is 2.39. The first kappa shape index (κ1) is 19.8. The second-order valence-electron chi connectivity index (χ2n) is 6.95. The molecule has 0 saturated carbocycles. The zero-order chi connectivity index (χ0) is 19.8. The summed E-state index contributed by atoms with van der Waals surface area (Å²) >= 11 is 11.0. The zero-order valence-corrected chi connectivity index (χ0v) is 16.2. The van der Waals surface area contributed by atoms with Crippen LogP contribution in [-0.2, 0) is 6.18 Å². The van der Waals surface area contributed by atoms with Crippen LogP contribution in [0, 0.1) is 0 Å². The van der Waals surface area contributed by atoms with E-state index in [9.17, 15) is 13.2 Å². The van der Waals surface area contributed by atoms with E-state index in [1.54, 1.807) is 0 Å². The van der Waals surface area contributed by atoms with Crippen molar-refractivity contribution in [3.8, 4) is 5.75 Å². The van der Waals surface area contributed by atoms with Crippen molar-refractivity contribution < 1.29 is 17.9 Å². The summed E-state index contributed by atoms with van der Waals surface area (Å²) in [6.45, 7) is 3.95. The van der Waals surface area contributed by atoms with Crippen molar-refractivity contribution >= 4 is 34.6 Å². The molecule has 0 aliphatic carbocycles. The lowest BCUT2D eigenvalue weighted by molar-refractivity contribution is -0.137. The molecule has 1 unspecified atom stereocenters. The molecule has 0 spiro atoms. The van der Waals surface area contributed by atoms with Crippen LogP contribution in [0.1, 0.15) is 37.4 Å². The zero-order valence-electron chi connectivity index (χ0n) is 14.7. The van der Waals surface area contributed by atoms with Gasteiger partial charge >= 0.3 is 6.18 Å². The van der Waals surface area contributed by atoms with Crippen LogP contribution in [0.2, 0.25) is 5.02 Å². The van der Waals surface area contributed by atoms with Gasteiger partial charge in [0.15, 0.2) is 5.11 Å². The molecule has 0 bridgehead atoms. The van der Waals surface area contributed by atoms with E-state index in [1.807, 2.05) is 38.1 Å². The molecular weight excluding hydrogens is 397 g/mol. The molecule has 3 rings (SSSR count). The maximum Gasteiger partial charge on any atom is 0.417 e. The molecule has 2 aromatic rings. The average Bonchev–Trinajstić information content (AvgIpc) is 2.54. The lowest BCUT2D eigenvalue weighted by Gasteiger charge is -2.38. The Morgan fingerprint density at radius 1 is 1.22 bits per heavy atom. The van der Waals surface area contributed by atoms with Crippen LogP contribution in [0.15, 0.2) is 42.5 Å². The molecule has 8 heteroatoms. The largest absolute Gasteiger partial charge is 0.487 e. The van der Waals surface area contributed by atoms with Gasteiger partial charge in [0.2, 0.25) is 0 Å². The van der Waals surface area contributed by atoms with Gasteiger partial charge in [0, 0.05) is 17.7 Å². The fourth-order valence-corrected chi connectivity index (χ4v) is 3.56. The van der Waals surface area contributed by atoms with E-state index >= 15 is 0 Å². The van der Waals surface area contributed by atoms with E-state index in [4.69, 9.17) is 28.6 Å². The number of thiocarbonyl (C=S) groups is 1. The van der Waals surface area contributed by atoms with Crippen LogP contribution in [-0.4, -0.2) is 10.7 Å². The minimum Gasteiger partial charge on any atom is -0.487 e. The lowest BCUT2D eigenvalue weighted by atomic mass is 9.90. The van der Waals surface area contributed by atoms with Crippen molar-refractivity contribution in [1.82, 2.24) is 5.32 Å². The molecule has 0 radical (unpaired) electrons. The van der Waals surface area contributed by atoms with Gasteiger partial charge in [0.05, 0.1) is 16.6 Å². The van der Waals surface area contributed by atoms with Crippen molar-refractivity contribution in [2.24, 2.45) is 0 Å². The highest BCUT2D eigenvalue weighted by Gasteiger charge is 2.35. The van der Waals surface area contributed by atoms with Gasteiger partial charge in [-0.2, -0.15) is 13.2 Å². The van der Waals surface area contributed by atoms with Crippen LogP contribution in [0.3, 0.4) is 0 Å². The molecule has 0 fully saturated rings. The number of hydrogen-bond acceptors (Lipinski definition) is 2. The predicted octanol–water partition coefficient (Wildman–Crippen LogP) is 5.95. The third-order valence-electron chi connectivity index (χ3n) is 4.21. The summed E-state index contributed by atoms with van der Waals surface area (Å²) in [7, 11) is 0. The Kier molecular flexibility index (Phi) is 5.27. The van der Waals surface area contributed by atoms with E-state index in [0.717, 1.165) is 17.4 Å². The molecule has 0 aromatic heterocycles. The first-order valence-corrected chi connectivity index (χ1v) is 9.06. The number of nitrogens with one attached hydrogen (secondary N) is 2. The summed E-state index contributed by atoms with van der Waals surface area (Å²) < 4.78 is 45.0. The van der Waals surface area contributed by atoms with Gasteiger partial charge in [-0.3, -0.25) is 0 Å². The molecular formula is C19H18ClF3N2OS. The molecule has 27 heavy (non-hydrogen) atoms. The van der Waals surface area contributed by atoms with Crippen LogP contribution >= 0.6 is 23.8 Å². The number of rotatable bonds is 2. The number of benzene rings is 2. The van der Waals surface area contributed by atoms with Gasteiger partial charge in [-0.05, 0) is 50.3 Å². The quantitative estimate of drug-likeness (QED) is 0.595. The minimum absolute atomic E-state index is 0.126. The number of anilines is 1. The Balaban J connectivity index is 1.77. The minimum atomic E-state index is -4.53. The van der Waals surface area contributed by atoms with Gasteiger partial charge in [-0.1, -0.05) is 29.8 Å². The topological polar surface area (TPSA) is 33.3 Å². The van der Waals surface area contributed by atoms with Crippen molar-refractivity contribution in [2.45, 2.75) is 38.1 Å². The summed E-state index contributed by atoms with van der Waals surface area (Å²) in [4.78, 5) is 0. The second kappa shape index (κ2) is 7.20. The van der Waals surface area contributed by atoms with Gasteiger partial charge < -0.3 is 15.4 Å². The lowest BCUT2D eigenvalue weighted by Crippen LogP contribution is -2.42. The number of ether oxygens (including phenoxy) is 1. The van der Waals surface area contributed by atoms with Crippen LogP contribution in [0.25, 0.3) is 0 Å². The third-order valence-corrected chi connectivity index (χ3v) is 4.76. The Morgan fingerprint density at radius 3 is 2.63 bits per heavy atom. The first-order chi connectivity index (χ1) is 12.5. The Hall–Kier alpha value is -1.99. The van der Waals surface area contributed by atoms with Crippen LogP contribution in [0.5, 0.6) is 5.75 Å². The fourth-order valence-electron chi connectivity index (χ4n) is 3.08. The number of alkyl halides is 3. The standard InChI is InChI=1S/C19H18ClF3N2OS/c1-18(2)10-15(12-5-3-4-6-16(12)26-18)25-17(27)24-11-7-8-14(20)13(9-11)19(21,22)23/h3-9,15H,10H2,1-2H3,(H2,24,25,27). The summed E-state index contributed by atoms with van der Waals surface area (Å²) in [5.74, 6) is 0.764. The normalized spacial score (nSPS) is 18.2. The maximum atomic E-state index is 13.0. The summed E-state index contributed by atoms with van der Waals surface area (Å²) in [6, 6.07) is 11.1. The van der Waals surface area contributed by atoms with E-state index in [0.29, 0.717) is 6.42 Å². The molecule has 1 atom stereocenters. The van der Waals surface area contributed by atoms with E-state index in [-0.39, 0.29) is 21.9 Å². The molecule has 1 heterocycles. The molecule has 2 aromatic carbocycles. The monoisotopic (exact) mass is 414 g/mol. The summed E-state index contributed by atoms with van der Waals surface area (Å²) in [6.07, 6.45) is -3.88. The van der Waals surface area contributed by atoms with Crippen molar-refractivity contribution in [1.29, 1.82) is 0 Å². The maximum absolute atomic E-state index is 13.0. The van der Waals surface area contributed by atoms with Crippen molar-refractivity contribution in [3.63, 3.8) is 0 Å². The van der Waals surface area contributed by atoms with Crippen molar-refractivity contribution in [2.75, 3.05) is 5.32 Å². The molecule has 0 amide bonds. The molecule has 144 valence electrons. The fraction of sp³-hybridized carbons (Fsp3) is 0.316. The number of fused-ring (bicyclic) bond motifs is 1. The van der Waals surface area contributed by atoms with Gasteiger partial charge in [0.1, 0.15) is 11.4 Å². The highest BCUT2D eigenvalue weighted by atomic mass is 35.5. The Labute approximate surface area is 165 Å². The second-order valence-corrected chi connectivity index (χ2v) is 7.76. The molecule has 1 aliphatic heterocycles. The third kappa shape index (κ3) is 4.65. The first-order valence-electron chi connectivity index (χ1n) is 8.27. The van der Waals surface area contributed by atoms with Crippen molar-refractivity contribution in [3.05, 3.63) is 58.6 Å². The SMILES string of the molecule is CC1(C)CC(NC(=S)Nc2ccc(Cl)c(C(F)(F)F)c2)c2ccccc2O1. The molecule has 2 N–H and O–H groups in total. The number of hydrogen-bond donors (Lipinski definition) is 2. The number of halogens is 4. The van der Waals surface area contributed by atoms with Crippen LogP contribution < -0.4 is 15.4 Å². The molecule has 3 nitrogen and oxygen atoms in total. The van der Waals surface area contributed by atoms with Gasteiger partial charge in [-0.25, -0.2) is 0 Å². The van der Waals surface area contributed by atoms with Gasteiger partial charge in [0.25, 0.3) is 0 Å². The van der Waals surface area contributed by atoms with E-state index in [2.05, 4.69) is 10.6 Å². The van der Waals surface area contributed by atoms with E-state index < -0.39 is 17.3 Å². The average molecular weight is 415 g/mol. The highest BCUT2D eigenvalue weighted by molar-refractivity contribution is 7.80. The Bertz CT molecular complexity index is 870. The summed E-state index contributed by atoms with van der Waals surface area (Å²) in [5, 5.41) is 5.86. The smallest absolute Gasteiger partial charge is 0.417 e. The summed E-state index contributed by atoms with van der Waals surface area (Å²) in [5.41, 5.74) is -0.142. The molecule has 0 saturated heterocycles. The molecule has 1 aliphatic rings. The van der Waals surface area contributed by atoms with Gasteiger partial charge in [-0.15, -0.1) is 0 Å². The number of para-hydroxylation sites is 1.